The second-order valence-corrected chi connectivity index (χ2v) is 6.34. The summed E-state index contributed by atoms with van der Waals surface area (Å²) in [5, 5.41) is 13.6. The van der Waals surface area contributed by atoms with Crippen molar-refractivity contribution in [1.29, 1.82) is 5.26 Å². The zero-order valence-electron chi connectivity index (χ0n) is 15.4. The van der Waals surface area contributed by atoms with Crippen LogP contribution in [0.2, 0.25) is 0 Å². The van der Waals surface area contributed by atoms with E-state index in [1.54, 1.807) is 47.4 Å². The Hall–Kier alpha value is -4.30. The van der Waals surface area contributed by atoms with Crippen molar-refractivity contribution in [2.75, 3.05) is 0 Å². The van der Waals surface area contributed by atoms with Crippen LogP contribution in [0.3, 0.4) is 0 Å². The highest BCUT2D eigenvalue weighted by Gasteiger charge is 2.11. The fraction of sp³-hybridized carbons (Fsp3) is 0. The van der Waals surface area contributed by atoms with E-state index < -0.39 is 0 Å². The molecule has 0 aliphatic carbocycles. The Labute approximate surface area is 168 Å². The number of carbonyl (C=O) groups excluding carboxylic acids is 1. The summed E-state index contributed by atoms with van der Waals surface area (Å²) in [6.07, 6.45) is 8.63. The largest absolute Gasteiger partial charge is 0.289 e. The number of allylic oxidation sites excluding steroid dienone is 1. The van der Waals surface area contributed by atoms with Crippen LogP contribution in [0.1, 0.15) is 21.5 Å². The summed E-state index contributed by atoms with van der Waals surface area (Å²) >= 11 is 0. The Bertz CT molecular complexity index is 1200. The third-order valence-corrected chi connectivity index (χ3v) is 4.41. The summed E-state index contributed by atoms with van der Waals surface area (Å²) < 4.78 is 1.79. The maximum absolute atomic E-state index is 12.5. The third kappa shape index (κ3) is 4.02. The SMILES string of the molecule is N#Cc1ccc(C(=O)/C=C/c2cn(-c3ccccc3)nc2-c2cccnc2)cc1. The second kappa shape index (κ2) is 8.15. The number of rotatable bonds is 5. The van der Waals surface area contributed by atoms with Gasteiger partial charge in [-0.15, -0.1) is 0 Å². The Morgan fingerprint density at radius 3 is 2.48 bits per heavy atom. The molecular formula is C24H16N4O. The van der Waals surface area contributed by atoms with E-state index in [4.69, 9.17) is 10.4 Å². The molecule has 0 N–H and O–H groups in total. The van der Waals surface area contributed by atoms with Crippen LogP contribution in [0.25, 0.3) is 23.0 Å². The molecule has 2 aromatic heterocycles. The predicted molar refractivity (Wildman–Crippen MR) is 111 cm³/mol. The minimum atomic E-state index is -0.140. The molecule has 0 aliphatic heterocycles. The minimum Gasteiger partial charge on any atom is -0.289 e. The molecule has 0 saturated heterocycles. The summed E-state index contributed by atoms with van der Waals surface area (Å²) in [4.78, 5) is 16.7. The van der Waals surface area contributed by atoms with Crippen LogP contribution < -0.4 is 0 Å². The van der Waals surface area contributed by atoms with Crippen molar-refractivity contribution >= 4 is 11.9 Å². The molecule has 0 amide bonds. The number of hydrogen-bond acceptors (Lipinski definition) is 4. The summed E-state index contributed by atoms with van der Waals surface area (Å²) in [6.45, 7) is 0. The van der Waals surface area contributed by atoms with Gasteiger partial charge in [0.15, 0.2) is 5.78 Å². The van der Waals surface area contributed by atoms with Gasteiger partial charge in [-0.3, -0.25) is 9.78 Å². The number of benzene rings is 2. The van der Waals surface area contributed by atoms with E-state index in [1.165, 1.54) is 6.08 Å². The normalized spacial score (nSPS) is 10.7. The molecule has 2 aromatic carbocycles. The Morgan fingerprint density at radius 1 is 1.00 bits per heavy atom. The maximum atomic E-state index is 12.5. The molecule has 29 heavy (non-hydrogen) atoms. The van der Waals surface area contributed by atoms with Crippen molar-refractivity contribution in [1.82, 2.24) is 14.8 Å². The molecule has 2 heterocycles. The number of aromatic nitrogens is 3. The molecule has 0 radical (unpaired) electrons. The summed E-state index contributed by atoms with van der Waals surface area (Å²) in [7, 11) is 0. The van der Waals surface area contributed by atoms with Crippen molar-refractivity contribution < 1.29 is 4.79 Å². The van der Waals surface area contributed by atoms with Crippen molar-refractivity contribution in [3.8, 4) is 23.0 Å². The second-order valence-electron chi connectivity index (χ2n) is 6.34. The smallest absolute Gasteiger partial charge is 0.185 e. The van der Waals surface area contributed by atoms with Crippen molar-refractivity contribution in [3.05, 3.63) is 108 Å². The molecule has 0 aliphatic rings. The van der Waals surface area contributed by atoms with Crippen molar-refractivity contribution in [3.63, 3.8) is 0 Å². The first-order valence-electron chi connectivity index (χ1n) is 9.02. The quantitative estimate of drug-likeness (QED) is 0.374. The van der Waals surface area contributed by atoms with E-state index in [1.807, 2.05) is 54.7 Å². The highest BCUT2D eigenvalue weighted by atomic mass is 16.1. The highest BCUT2D eigenvalue weighted by molar-refractivity contribution is 6.07. The van der Waals surface area contributed by atoms with E-state index in [2.05, 4.69) is 4.98 Å². The number of pyridine rings is 1. The average Bonchev–Trinajstić information content (AvgIpc) is 3.23. The molecule has 5 nitrogen and oxygen atoms in total. The fourth-order valence-corrected chi connectivity index (χ4v) is 2.92. The molecule has 0 bridgehead atoms. The molecule has 138 valence electrons. The van der Waals surface area contributed by atoms with Crippen LogP contribution in [-0.4, -0.2) is 20.5 Å². The summed E-state index contributed by atoms with van der Waals surface area (Å²) in [5.74, 6) is -0.140. The zero-order valence-corrected chi connectivity index (χ0v) is 15.4. The van der Waals surface area contributed by atoms with Crippen molar-refractivity contribution in [2.24, 2.45) is 0 Å². The molecule has 0 unspecified atom stereocenters. The average molecular weight is 376 g/mol. The van der Waals surface area contributed by atoms with E-state index in [9.17, 15) is 4.79 Å². The van der Waals surface area contributed by atoms with Crippen LogP contribution in [0.15, 0.2) is 91.4 Å². The number of ketones is 1. The summed E-state index contributed by atoms with van der Waals surface area (Å²) in [6, 6.07) is 22.2. The van der Waals surface area contributed by atoms with E-state index in [0.29, 0.717) is 11.1 Å². The van der Waals surface area contributed by atoms with Gasteiger partial charge in [0.1, 0.15) is 5.69 Å². The Kier molecular flexibility index (Phi) is 5.08. The molecule has 4 aromatic rings. The van der Waals surface area contributed by atoms with Gasteiger partial charge in [0.05, 0.1) is 17.3 Å². The van der Waals surface area contributed by atoms with Gasteiger partial charge in [0.2, 0.25) is 0 Å². The zero-order chi connectivity index (χ0) is 20.1. The minimum absolute atomic E-state index is 0.140. The van der Waals surface area contributed by atoms with Crippen LogP contribution in [0.4, 0.5) is 0 Å². The van der Waals surface area contributed by atoms with E-state index in [0.717, 1.165) is 22.5 Å². The predicted octanol–water partition coefficient (Wildman–Crippen LogP) is 4.70. The van der Waals surface area contributed by atoms with Gasteiger partial charge >= 0.3 is 0 Å². The van der Waals surface area contributed by atoms with Gasteiger partial charge in [-0.2, -0.15) is 10.4 Å². The molecule has 4 rings (SSSR count). The van der Waals surface area contributed by atoms with Crippen LogP contribution >= 0.6 is 0 Å². The topological polar surface area (TPSA) is 71.6 Å². The summed E-state index contributed by atoms with van der Waals surface area (Å²) in [5.41, 5.74) is 4.39. The van der Waals surface area contributed by atoms with Gasteiger partial charge in [0, 0.05) is 35.3 Å². The number of para-hydroxylation sites is 1. The molecule has 5 heteroatoms. The lowest BCUT2D eigenvalue weighted by Crippen LogP contribution is -1.94. The number of carbonyl (C=O) groups is 1. The standard InChI is InChI=1S/C24H16N4O/c25-15-18-8-10-19(11-9-18)23(29)13-12-21-17-28(22-6-2-1-3-7-22)27-24(21)20-5-4-14-26-16-20/h1-14,16-17H/b13-12+. The van der Waals surface area contributed by atoms with E-state index >= 15 is 0 Å². The first kappa shape index (κ1) is 18.1. The lowest BCUT2D eigenvalue weighted by atomic mass is 10.1. The Balaban J connectivity index is 1.70. The van der Waals surface area contributed by atoms with E-state index in [-0.39, 0.29) is 5.78 Å². The monoisotopic (exact) mass is 376 g/mol. The molecule has 0 saturated carbocycles. The van der Waals surface area contributed by atoms with Crippen LogP contribution in [0, 0.1) is 11.3 Å². The lowest BCUT2D eigenvalue weighted by Gasteiger charge is -2.00. The first-order valence-corrected chi connectivity index (χ1v) is 9.02. The van der Waals surface area contributed by atoms with Crippen LogP contribution in [0.5, 0.6) is 0 Å². The van der Waals surface area contributed by atoms with Gasteiger partial charge in [0.25, 0.3) is 0 Å². The molecule has 0 atom stereocenters. The number of nitriles is 1. The maximum Gasteiger partial charge on any atom is 0.185 e. The van der Waals surface area contributed by atoms with Gasteiger partial charge in [-0.05, 0) is 60.7 Å². The lowest BCUT2D eigenvalue weighted by molar-refractivity contribution is 0.104. The number of nitrogens with zero attached hydrogens (tertiary/aromatic N) is 4. The van der Waals surface area contributed by atoms with Crippen LogP contribution in [-0.2, 0) is 0 Å². The fourth-order valence-electron chi connectivity index (χ4n) is 2.92. The Morgan fingerprint density at radius 2 is 1.79 bits per heavy atom. The molecular weight excluding hydrogens is 360 g/mol. The van der Waals surface area contributed by atoms with Crippen molar-refractivity contribution in [2.45, 2.75) is 0 Å². The first-order chi connectivity index (χ1) is 14.2. The highest BCUT2D eigenvalue weighted by Crippen LogP contribution is 2.24. The van der Waals surface area contributed by atoms with Gasteiger partial charge < -0.3 is 0 Å². The van der Waals surface area contributed by atoms with Gasteiger partial charge in [-0.25, -0.2) is 4.68 Å². The van der Waals surface area contributed by atoms with Gasteiger partial charge in [-0.1, -0.05) is 18.2 Å². The molecule has 0 spiro atoms. The third-order valence-electron chi connectivity index (χ3n) is 4.41. The molecule has 0 fully saturated rings. The number of hydrogen-bond donors (Lipinski definition) is 0.